The number of sulfonamides is 1. The number of halogens is 1. The molecule has 0 aromatic heterocycles. The molecule has 0 saturated heterocycles. The van der Waals surface area contributed by atoms with Gasteiger partial charge in [0, 0.05) is 13.1 Å². The van der Waals surface area contributed by atoms with Crippen LogP contribution in [0.5, 0.6) is 5.75 Å². The number of hydrogen-bond acceptors (Lipinski definition) is 5. The van der Waals surface area contributed by atoms with E-state index in [1.165, 1.54) is 10.4 Å². The Balaban J connectivity index is 3.41. The summed E-state index contributed by atoms with van der Waals surface area (Å²) in [7, 11) is -6.86. The van der Waals surface area contributed by atoms with Gasteiger partial charge < -0.3 is 5.11 Å². The Hall–Kier alpha value is -0.840. The third-order valence-electron chi connectivity index (χ3n) is 2.81. The maximum Gasteiger partial charge on any atom is 0.246 e. The molecule has 10 heteroatoms. The summed E-state index contributed by atoms with van der Waals surface area (Å²) in [6.07, 6.45) is 1.26. The fraction of sp³-hybridized carbons (Fsp3) is 0.500. The van der Waals surface area contributed by atoms with Gasteiger partial charge in [0.05, 0.1) is 10.2 Å². The maximum absolute atomic E-state index is 12.7. The standard InChI is InChI=1S/C12H19BrN2O5S2/c1-3-5-15(6-4-2)22(19,20)11-8-9(14-21(17)18)7-10(13)12(11)16/h7-8,16,21H,3-6H2,1-2H3,(H,14,17,18). The monoisotopic (exact) mass is 414 g/mol. The lowest BCUT2D eigenvalue weighted by Crippen LogP contribution is -2.32. The highest BCUT2D eigenvalue weighted by molar-refractivity contribution is 9.10. The van der Waals surface area contributed by atoms with E-state index in [1.54, 1.807) is 0 Å². The lowest BCUT2D eigenvalue weighted by atomic mass is 10.3. The van der Waals surface area contributed by atoms with Crippen molar-refractivity contribution in [3.63, 3.8) is 0 Å². The topological polar surface area (TPSA) is 104 Å². The van der Waals surface area contributed by atoms with Crippen LogP contribution in [0.2, 0.25) is 0 Å². The molecule has 0 heterocycles. The number of rotatable bonds is 8. The summed E-state index contributed by atoms with van der Waals surface area (Å²) < 4.78 is 50.4. The van der Waals surface area contributed by atoms with Crippen molar-refractivity contribution >= 4 is 42.5 Å². The average Bonchev–Trinajstić information content (AvgIpc) is 2.41. The summed E-state index contributed by atoms with van der Waals surface area (Å²) in [6, 6.07) is 2.41. The zero-order valence-electron chi connectivity index (χ0n) is 12.2. The molecule has 0 fully saturated rings. The van der Waals surface area contributed by atoms with Gasteiger partial charge in [-0.25, -0.2) is 16.8 Å². The average molecular weight is 415 g/mol. The second-order valence-corrected chi connectivity index (χ2v) is 8.08. The minimum Gasteiger partial charge on any atom is -0.505 e. The lowest BCUT2D eigenvalue weighted by molar-refractivity contribution is 0.402. The number of phenolic OH excluding ortho intramolecular Hbond substituents is 1. The molecule has 1 rings (SSSR count). The van der Waals surface area contributed by atoms with E-state index in [0.717, 1.165) is 6.07 Å². The fourth-order valence-corrected chi connectivity index (χ4v) is 4.62. The molecule has 1 aromatic carbocycles. The molecule has 0 saturated carbocycles. The van der Waals surface area contributed by atoms with Gasteiger partial charge in [0.15, 0.2) is 0 Å². The van der Waals surface area contributed by atoms with Crippen molar-refractivity contribution in [2.24, 2.45) is 0 Å². The van der Waals surface area contributed by atoms with Crippen LogP contribution < -0.4 is 4.72 Å². The largest absolute Gasteiger partial charge is 0.505 e. The Kier molecular flexibility index (Phi) is 7.10. The second kappa shape index (κ2) is 8.14. The maximum atomic E-state index is 12.7. The molecular formula is C12H19BrN2O5S2. The molecule has 0 radical (unpaired) electrons. The van der Waals surface area contributed by atoms with Gasteiger partial charge in [-0.05, 0) is 40.9 Å². The van der Waals surface area contributed by atoms with E-state index in [4.69, 9.17) is 0 Å². The summed E-state index contributed by atoms with van der Waals surface area (Å²) in [4.78, 5) is -0.330. The Labute approximate surface area is 140 Å². The Morgan fingerprint density at radius 1 is 1.23 bits per heavy atom. The molecule has 7 nitrogen and oxygen atoms in total. The minimum atomic E-state index is -3.92. The number of benzene rings is 1. The predicted octanol–water partition coefficient (Wildman–Crippen LogP) is 1.90. The first-order valence-electron chi connectivity index (χ1n) is 6.67. The van der Waals surface area contributed by atoms with Crippen molar-refractivity contribution in [3.8, 4) is 5.75 Å². The van der Waals surface area contributed by atoms with E-state index in [2.05, 4.69) is 20.7 Å². The van der Waals surface area contributed by atoms with Crippen molar-refractivity contribution in [1.29, 1.82) is 0 Å². The molecule has 2 N–H and O–H groups in total. The molecule has 0 aliphatic carbocycles. The molecule has 0 atom stereocenters. The molecule has 22 heavy (non-hydrogen) atoms. The van der Waals surface area contributed by atoms with Gasteiger partial charge in [-0.2, -0.15) is 4.31 Å². The lowest BCUT2D eigenvalue weighted by Gasteiger charge is -2.22. The van der Waals surface area contributed by atoms with Gasteiger partial charge >= 0.3 is 0 Å². The summed E-state index contributed by atoms with van der Waals surface area (Å²) in [6.45, 7) is 4.35. The number of nitrogens with zero attached hydrogens (tertiary/aromatic N) is 1. The van der Waals surface area contributed by atoms with E-state index in [1.807, 2.05) is 13.8 Å². The van der Waals surface area contributed by atoms with E-state index in [-0.39, 0.29) is 15.1 Å². The van der Waals surface area contributed by atoms with E-state index in [0.29, 0.717) is 25.9 Å². The van der Waals surface area contributed by atoms with E-state index in [9.17, 15) is 21.9 Å². The first kappa shape index (κ1) is 19.2. The van der Waals surface area contributed by atoms with Crippen molar-refractivity contribution in [2.75, 3.05) is 17.8 Å². The number of anilines is 1. The minimum absolute atomic E-state index is 0.0623. The summed E-state index contributed by atoms with van der Waals surface area (Å²) in [5.41, 5.74) is 0.0623. The van der Waals surface area contributed by atoms with Crippen molar-refractivity contribution in [2.45, 2.75) is 31.6 Å². The molecule has 0 bridgehead atoms. The third kappa shape index (κ3) is 4.58. The van der Waals surface area contributed by atoms with Crippen LogP contribution in [0.1, 0.15) is 26.7 Å². The summed E-state index contributed by atoms with van der Waals surface area (Å²) >= 11 is 3.04. The van der Waals surface area contributed by atoms with Gasteiger partial charge in [0.1, 0.15) is 10.6 Å². The quantitative estimate of drug-likeness (QED) is 0.445. The Bertz CT molecular complexity index is 690. The number of phenols is 1. The van der Waals surface area contributed by atoms with Crippen LogP contribution in [0, 0.1) is 0 Å². The molecule has 1 aromatic rings. The second-order valence-electron chi connectivity index (χ2n) is 4.58. The molecule has 0 spiro atoms. The fourth-order valence-electron chi connectivity index (χ4n) is 1.93. The first-order chi connectivity index (χ1) is 10.2. The van der Waals surface area contributed by atoms with Crippen LogP contribution in [0.15, 0.2) is 21.5 Å². The first-order valence-corrected chi connectivity index (χ1v) is 10.1. The Morgan fingerprint density at radius 2 is 1.77 bits per heavy atom. The SMILES string of the molecule is CCCN(CCC)S(=O)(=O)c1cc(N[SH](=O)=O)cc(Br)c1O. The molecule has 0 aliphatic rings. The van der Waals surface area contributed by atoms with Crippen LogP contribution in [-0.4, -0.2) is 39.3 Å². The smallest absolute Gasteiger partial charge is 0.246 e. The molecule has 126 valence electrons. The number of hydrogen-bond donors (Lipinski definition) is 3. The predicted molar refractivity (Wildman–Crippen MR) is 89.1 cm³/mol. The van der Waals surface area contributed by atoms with Crippen LogP contribution in [0.3, 0.4) is 0 Å². The molecule has 0 unspecified atom stereocenters. The normalized spacial score (nSPS) is 12.0. The molecule has 0 amide bonds. The zero-order chi connectivity index (χ0) is 16.9. The van der Waals surface area contributed by atoms with E-state index >= 15 is 0 Å². The number of thiol groups is 1. The van der Waals surface area contributed by atoms with Gasteiger partial charge in [-0.15, -0.1) is 0 Å². The van der Waals surface area contributed by atoms with Gasteiger partial charge in [0.25, 0.3) is 0 Å². The van der Waals surface area contributed by atoms with Crippen LogP contribution in [-0.2, 0) is 20.9 Å². The van der Waals surface area contributed by atoms with Gasteiger partial charge in [0.2, 0.25) is 20.9 Å². The zero-order valence-corrected chi connectivity index (χ0v) is 15.5. The highest BCUT2D eigenvalue weighted by Crippen LogP contribution is 2.36. The number of aromatic hydroxyl groups is 1. The molecule has 0 aliphatic heterocycles. The summed E-state index contributed by atoms with van der Waals surface area (Å²) in [5.74, 6) is -0.441. The Morgan fingerprint density at radius 3 is 2.23 bits per heavy atom. The third-order valence-corrected chi connectivity index (χ3v) is 5.77. The van der Waals surface area contributed by atoms with Gasteiger partial charge in [-0.3, -0.25) is 4.72 Å². The van der Waals surface area contributed by atoms with Crippen molar-refractivity contribution < 1.29 is 21.9 Å². The van der Waals surface area contributed by atoms with Crippen LogP contribution in [0.4, 0.5) is 5.69 Å². The van der Waals surface area contributed by atoms with Crippen molar-refractivity contribution in [3.05, 3.63) is 16.6 Å². The highest BCUT2D eigenvalue weighted by Gasteiger charge is 2.28. The summed E-state index contributed by atoms with van der Waals surface area (Å²) in [5, 5.41) is 10.0. The highest BCUT2D eigenvalue weighted by atomic mass is 79.9. The van der Waals surface area contributed by atoms with Crippen LogP contribution >= 0.6 is 15.9 Å². The molecular weight excluding hydrogens is 396 g/mol. The van der Waals surface area contributed by atoms with Crippen LogP contribution in [0.25, 0.3) is 0 Å². The van der Waals surface area contributed by atoms with E-state index < -0.39 is 26.7 Å². The number of nitrogens with one attached hydrogen (secondary N) is 1. The van der Waals surface area contributed by atoms with Gasteiger partial charge in [-0.1, -0.05) is 13.8 Å². The van der Waals surface area contributed by atoms with Crippen molar-refractivity contribution in [1.82, 2.24) is 4.31 Å².